The molecule has 0 aromatic carbocycles. The van der Waals surface area contributed by atoms with Crippen LogP contribution in [-0.4, -0.2) is 60.8 Å². The fourth-order valence-corrected chi connectivity index (χ4v) is 3.52. The summed E-state index contributed by atoms with van der Waals surface area (Å²) >= 11 is 0. The third-order valence-corrected chi connectivity index (χ3v) is 4.69. The van der Waals surface area contributed by atoms with Crippen molar-refractivity contribution in [3.63, 3.8) is 0 Å². The van der Waals surface area contributed by atoms with Crippen molar-refractivity contribution in [2.45, 2.75) is 103 Å². The summed E-state index contributed by atoms with van der Waals surface area (Å²) in [5, 5.41) is 9.66. The first-order valence-corrected chi connectivity index (χ1v) is 9.78. The smallest absolute Gasteiger partial charge is 0.303 e. The number of fused-ring (bicyclic) bond motifs is 1. The zero-order chi connectivity index (χ0) is 19.2. The van der Waals surface area contributed by atoms with Gasteiger partial charge in [-0.15, -0.1) is 0 Å². The van der Waals surface area contributed by atoms with Crippen LogP contribution in [0, 0.1) is 0 Å². The lowest BCUT2D eigenvalue weighted by Gasteiger charge is -2.40. The molecule has 2 saturated heterocycles. The second-order valence-corrected chi connectivity index (χ2v) is 7.50. The molecule has 0 spiro atoms. The molecule has 0 amide bonds. The van der Waals surface area contributed by atoms with Crippen LogP contribution in [0.5, 0.6) is 0 Å². The van der Waals surface area contributed by atoms with Gasteiger partial charge < -0.3 is 28.8 Å². The molecule has 2 rings (SSSR count). The Morgan fingerprint density at radius 1 is 1.08 bits per heavy atom. The van der Waals surface area contributed by atoms with Crippen LogP contribution in [0.4, 0.5) is 0 Å². The Balaban J connectivity index is 1.93. The molecule has 0 bridgehead atoms. The van der Waals surface area contributed by atoms with Gasteiger partial charge in [0.25, 0.3) is 0 Å². The molecule has 2 aliphatic rings. The molecule has 5 atom stereocenters. The molecule has 0 aromatic rings. The predicted octanol–water partition coefficient (Wildman–Crippen LogP) is 2.53. The minimum absolute atomic E-state index is 0.218. The first-order valence-electron chi connectivity index (χ1n) is 9.78. The highest BCUT2D eigenvalue weighted by atomic mass is 16.8. The summed E-state index contributed by atoms with van der Waals surface area (Å²) < 4.78 is 28.9. The van der Waals surface area contributed by atoms with E-state index < -0.39 is 42.5 Å². The number of rotatable bonds is 10. The first kappa shape index (κ1) is 21.6. The van der Waals surface area contributed by atoms with Crippen LogP contribution in [-0.2, 0) is 28.5 Å². The van der Waals surface area contributed by atoms with E-state index in [1.54, 1.807) is 13.8 Å². The standard InChI is InChI=1S/C19H34O7/c1-5-6-7-8-9-10-11-22-18-17(23-13(2)21)16-15(14(12-20)24-18)25-19(3,4)26-16/h14-18,20H,5-12H2,1-4H3/t14-,15+,16+,17+,18+/m1/s1. The molecule has 0 aliphatic carbocycles. The highest BCUT2D eigenvalue weighted by Gasteiger charge is 2.56. The van der Waals surface area contributed by atoms with E-state index in [-0.39, 0.29) is 6.61 Å². The number of aliphatic hydroxyl groups is 1. The lowest BCUT2D eigenvalue weighted by atomic mass is 9.99. The number of aliphatic hydroxyl groups excluding tert-OH is 1. The quantitative estimate of drug-likeness (QED) is 0.465. The van der Waals surface area contributed by atoms with Crippen molar-refractivity contribution in [1.82, 2.24) is 0 Å². The van der Waals surface area contributed by atoms with Gasteiger partial charge in [-0.1, -0.05) is 39.0 Å². The molecule has 2 heterocycles. The second kappa shape index (κ2) is 9.99. The molecule has 1 N–H and O–H groups in total. The molecule has 2 fully saturated rings. The van der Waals surface area contributed by atoms with Crippen molar-refractivity contribution in [1.29, 1.82) is 0 Å². The molecule has 7 nitrogen and oxygen atoms in total. The van der Waals surface area contributed by atoms with Crippen LogP contribution >= 0.6 is 0 Å². The minimum atomic E-state index is -0.835. The molecule has 7 heteroatoms. The maximum atomic E-state index is 11.6. The maximum absolute atomic E-state index is 11.6. The van der Waals surface area contributed by atoms with E-state index >= 15 is 0 Å². The maximum Gasteiger partial charge on any atom is 0.303 e. The first-order chi connectivity index (χ1) is 12.4. The largest absolute Gasteiger partial charge is 0.454 e. The van der Waals surface area contributed by atoms with Crippen LogP contribution < -0.4 is 0 Å². The number of hydrogen-bond donors (Lipinski definition) is 1. The van der Waals surface area contributed by atoms with Crippen LogP contribution in [0.1, 0.15) is 66.2 Å². The molecular formula is C19H34O7. The topological polar surface area (TPSA) is 83.5 Å². The summed E-state index contributed by atoms with van der Waals surface area (Å²) in [6.07, 6.45) is 3.80. The van der Waals surface area contributed by atoms with Crippen molar-refractivity contribution in [3.05, 3.63) is 0 Å². The number of esters is 1. The van der Waals surface area contributed by atoms with E-state index in [9.17, 15) is 9.90 Å². The number of carbonyl (C=O) groups is 1. The van der Waals surface area contributed by atoms with E-state index in [1.807, 2.05) is 0 Å². The van der Waals surface area contributed by atoms with Crippen molar-refractivity contribution in [2.75, 3.05) is 13.2 Å². The molecule has 0 saturated carbocycles. The molecular weight excluding hydrogens is 340 g/mol. The van der Waals surface area contributed by atoms with Crippen LogP contribution in [0.25, 0.3) is 0 Å². The summed E-state index contributed by atoms with van der Waals surface area (Å²) in [6.45, 7) is 7.41. The van der Waals surface area contributed by atoms with E-state index in [2.05, 4.69) is 6.92 Å². The van der Waals surface area contributed by atoms with Gasteiger partial charge in [0.1, 0.15) is 18.3 Å². The third kappa shape index (κ3) is 5.89. The summed E-state index contributed by atoms with van der Waals surface area (Å²) in [6, 6.07) is 0. The van der Waals surface area contributed by atoms with Crippen LogP contribution in [0.15, 0.2) is 0 Å². The Hall–Kier alpha value is -0.730. The summed E-state index contributed by atoms with van der Waals surface area (Å²) in [5.41, 5.74) is 0. The van der Waals surface area contributed by atoms with Crippen molar-refractivity contribution >= 4 is 5.97 Å². The Labute approximate surface area is 156 Å². The van der Waals surface area contributed by atoms with Gasteiger partial charge in [-0.3, -0.25) is 4.79 Å². The van der Waals surface area contributed by atoms with Gasteiger partial charge in [0.05, 0.1) is 6.61 Å². The van der Waals surface area contributed by atoms with Gasteiger partial charge in [0.15, 0.2) is 18.2 Å². The second-order valence-electron chi connectivity index (χ2n) is 7.50. The van der Waals surface area contributed by atoms with Crippen LogP contribution in [0.3, 0.4) is 0 Å². The highest BCUT2D eigenvalue weighted by molar-refractivity contribution is 5.66. The molecule has 0 radical (unpaired) electrons. The van der Waals surface area contributed by atoms with E-state index in [0.29, 0.717) is 6.61 Å². The summed E-state index contributed by atoms with van der Waals surface area (Å²) in [4.78, 5) is 11.6. The van der Waals surface area contributed by atoms with Gasteiger partial charge >= 0.3 is 5.97 Å². The van der Waals surface area contributed by atoms with E-state index in [4.69, 9.17) is 23.7 Å². The van der Waals surface area contributed by atoms with Gasteiger partial charge in [0.2, 0.25) is 0 Å². The molecule has 0 aromatic heterocycles. The van der Waals surface area contributed by atoms with E-state index in [0.717, 1.165) is 12.8 Å². The number of hydrogen-bond acceptors (Lipinski definition) is 7. The van der Waals surface area contributed by atoms with Crippen LogP contribution in [0.2, 0.25) is 0 Å². The van der Waals surface area contributed by atoms with E-state index in [1.165, 1.54) is 32.6 Å². The average Bonchev–Trinajstić information content (AvgIpc) is 2.90. The monoisotopic (exact) mass is 374 g/mol. The molecule has 0 unspecified atom stereocenters. The number of unbranched alkanes of at least 4 members (excludes halogenated alkanes) is 5. The Bertz CT molecular complexity index is 440. The number of carbonyl (C=O) groups excluding carboxylic acids is 1. The molecule has 26 heavy (non-hydrogen) atoms. The lowest BCUT2D eigenvalue weighted by molar-refractivity contribution is -0.286. The van der Waals surface area contributed by atoms with Gasteiger partial charge in [-0.2, -0.15) is 0 Å². The summed E-state index contributed by atoms with van der Waals surface area (Å²) in [5.74, 6) is -1.26. The zero-order valence-electron chi connectivity index (χ0n) is 16.4. The molecule has 152 valence electrons. The third-order valence-electron chi connectivity index (χ3n) is 4.69. The predicted molar refractivity (Wildman–Crippen MR) is 94.5 cm³/mol. The van der Waals surface area contributed by atoms with Gasteiger partial charge in [-0.05, 0) is 20.3 Å². The molecule has 2 aliphatic heterocycles. The summed E-state index contributed by atoms with van der Waals surface area (Å²) in [7, 11) is 0. The Kier molecular flexibility index (Phi) is 8.29. The Morgan fingerprint density at radius 3 is 2.38 bits per heavy atom. The highest BCUT2D eigenvalue weighted by Crippen LogP contribution is 2.38. The Morgan fingerprint density at radius 2 is 1.73 bits per heavy atom. The normalized spacial score (nSPS) is 33.0. The van der Waals surface area contributed by atoms with Crippen molar-refractivity contribution < 1.29 is 33.6 Å². The fourth-order valence-electron chi connectivity index (χ4n) is 3.52. The van der Waals surface area contributed by atoms with Gasteiger partial charge in [-0.25, -0.2) is 0 Å². The van der Waals surface area contributed by atoms with Gasteiger partial charge in [0, 0.05) is 13.5 Å². The SMILES string of the molecule is CCCCCCCCO[C@H]1O[C@H](CO)[C@@H]2OC(C)(C)O[C@@H]2[C@@H]1OC(C)=O. The lowest BCUT2D eigenvalue weighted by Crippen LogP contribution is -2.59. The zero-order valence-corrected chi connectivity index (χ0v) is 16.4. The van der Waals surface area contributed by atoms with Crippen molar-refractivity contribution in [3.8, 4) is 0 Å². The van der Waals surface area contributed by atoms with Crippen molar-refractivity contribution in [2.24, 2.45) is 0 Å². The number of ether oxygens (including phenoxy) is 5. The fraction of sp³-hybridized carbons (Fsp3) is 0.947. The minimum Gasteiger partial charge on any atom is -0.454 e. The average molecular weight is 374 g/mol.